The zero-order chi connectivity index (χ0) is 23.3. The highest BCUT2D eigenvalue weighted by Crippen LogP contribution is 2.34. The molecule has 0 unspecified atom stereocenters. The molecule has 0 aliphatic carbocycles. The lowest BCUT2D eigenvalue weighted by Gasteiger charge is -2.40. The molecule has 1 fully saturated rings. The van der Waals surface area contributed by atoms with E-state index in [0.29, 0.717) is 30.4 Å². The third-order valence-electron chi connectivity index (χ3n) is 6.50. The van der Waals surface area contributed by atoms with Gasteiger partial charge in [-0.1, -0.05) is 37.3 Å². The predicted octanol–water partition coefficient (Wildman–Crippen LogP) is 4.84. The zero-order valence-corrected chi connectivity index (χ0v) is 19.1. The molecule has 1 amide bonds. The van der Waals surface area contributed by atoms with Crippen molar-refractivity contribution in [1.82, 2.24) is 14.5 Å². The maximum atomic E-state index is 13.6. The van der Waals surface area contributed by atoms with Gasteiger partial charge >= 0.3 is 0 Å². The summed E-state index contributed by atoms with van der Waals surface area (Å²) in [6, 6.07) is 17.0. The first-order valence-corrected chi connectivity index (χ1v) is 11.4. The fourth-order valence-electron chi connectivity index (χ4n) is 4.77. The number of phenolic OH excluding ortho intramolecular Hbond substituents is 1. The van der Waals surface area contributed by atoms with Crippen LogP contribution in [-0.2, 0) is 4.79 Å². The van der Waals surface area contributed by atoms with Crippen molar-refractivity contribution < 1.29 is 9.90 Å². The Kier molecular flexibility index (Phi) is 5.16. The van der Waals surface area contributed by atoms with E-state index in [1.165, 1.54) is 0 Å². The van der Waals surface area contributed by atoms with Crippen LogP contribution in [-0.4, -0.2) is 38.6 Å². The summed E-state index contributed by atoms with van der Waals surface area (Å²) in [4.78, 5) is 32.3. The lowest BCUT2D eigenvalue weighted by Crippen LogP contribution is -2.50. The number of aromatic hydroxyl groups is 1. The molecule has 33 heavy (non-hydrogen) atoms. The minimum absolute atomic E-state index is 0.0504. The van der Waals surface area contributed by atoms with Crippen LogP contribution in [0.2, 0.25) is 0 Å². The lowest BCUT2D eigenvalue weighted by atomic mass is 9.95. The van der Waals surface area contributed by atoms with Gasteiger partial charge in [0.15, 0.2) is 0 Å². The van der Waals surface area contributed by atoms with Crippen molar-refractivity contribution in [1.29, 1.82) is 0 Å². The molecule has 2 heterocycles. The number of likely N-dealkylation sites (tertiary alicyclic amines) is 1. The third kappa shape index (κ3) is 3.55. The molecule has 1 aliphatic rings. The zero-order valence-electron chi connectivity index (χ0n) is 19.1. The summed E-state index contributed by atoms with van der Waals surface area (Å²) in [5.74, 6) is 1.13. The largest absolute Gasteiger partial charge is 0.508 e. The van der Waals surface area contributed by atoms with E-state index in [1.54, 1.807) is 16.7 Å². The van der Waals surface area contributed by atoms with Gasteiger partial charge in [0.25, 0.3) is 5.56 Å². The minimum Gasteiger partial charge on any atom is -0.508 e. The molecule has 168 valence electrons. The molecule has 5 rings (SSSR count). The van der Waals surface area contributed by atoms with Crippen LogP contribution < -0.4 is 5.56 Å². The fourth-order valence-corrected chi connectivity index (χ4v) is 4.77. The number of hydrogen-bond donors (Lipinski definition) is 1. The number of nitrogens with zero attached hydrogens (tertiary/aromatic N) is 3. The summed E-state index contributed by atoms with van der Waals surface area (Å²) in [6.45, 7) is 7.04. The fraction of sp³-hybridized carbons (Fsp3) is 0.296. The van der Waals surface area contributed by atoms with Gasteiger partial charge in [0.2, 0.25) is 5.91 Å². The summed E-state index contributed by atoms with van der Waals surface area (Å²) in [7, 11) is 0. The Morgan fingerprint density at radius 3 is 2.58 bits per heavy atom. The molecule has 6 nitrogen and oxygen atoms in total. The summed E-state index contributed by atoms with van der Waals surface area (Å²) in [6.07, 6.45) is 0.487. The van der Waals surface area contributed by atoms with E-state index in [1.807, 2.05) is 68.1 Å². The van der Waals surface area contributed by atoms with Crippen molar-refractivity contribution in [3.8, 4) is 16.9 Å². The van der Waals surface area contributed by atoms with Crippen LogP contribution >= 0.6 is 0 Å². The molecule has 0 radical (unpaired) electrons. The van der Waals surface area contributed by atoms with E-state index in [4.69, 9.17) is 4.98 Å². The number of amides is 1. The van der Waals surface area contributed by atoms with Crippen LogP contribution in [0.25, 0.3) is 32.8 Å². The predicted molar refractivity (Wildman–Crippen MR) is 131 cm³/mol. The first-order valence-electron chi connectivity index (χ1n) is 11.4. The Morgan fingerprint density at radius 1 is 1.09 bits per heavy atom. The third-order valence-corrected chi connectivity index (χ3v) is 6.50. The molecule has 1 saturated heterocycles. The normalized spacial score (nSPS) is 14.2. The van der Waals surface area contributed by atoms with Gasteiger partial charge in [0, 0.05) is 25.6 Å². The Hall–Kier alpha value is -3.67. The van der Waals surface area contributed by atoms with Crippen molar-refractivity contribution in [3.05, 3.63) is 70.8 Å². The monoisotopic (exact) mass is 441 g/mol. The molecule has 0 atom stereocenters. The second-order valence-corrected chi connectivity index (χ2v) is 9.03. The van der Waals surface area contributed by atoms with Crippen LogP contribution in [0.5, 0.6) is 5.75 Å². The Bertz CT molecular complexity index is 1450. The topological polar surface area (TPSA) is 75.4 Å². The van der Waals surface area contributed by atoms with E-state index in [2.05, 4.69) is 0 Å². The van der Waals surface area contributed by atoms with Gasteiger partial charge < -0.3 is 10.0 Å². The number of carbonyl (C=O) groups is 1. The maximum absolute atomic E-state index is 13.6. The van der Waals surface area contributed by atoms with Crippen LogP contribution in [0.3, 0.4) is 0 Å². The molecule has 3 aromatic carbocycles. The molecule has 1 N–H and O–H groups in total. The Morgan fingerprint density at radius 2 is 1.85 bits per heavy atom. The first-order chi connectivity index (χ1) is 15.9. The van der Waals surface area contributed by atoms with E-state index >= 15 is 0 Å². The smallest absolute Gasteiger partial charge is 0.261 e. The molecular formula is C27H27N3O3. The summed E-state index contributed by atoms with van der Waals surface area (Å²) < 4.78 is 1.77. The molecule has 6 heteroatoms. The SMILES string of the molecule is CCC(=O)N1CC(c2nc3ccc(-c4cc(O)cc5ccccc45)cc3c(=O)n2C(C)C)C1. The highest BCUT2D eigenvalue weighted by Gasteiger charge is 2.34. The molecule has 4 aromatic rings. The molecule has 0 saturated carbocycles. The number of aromatic nitrogens is 2. The highest BCUT2D eigenvalue weighted by molar-refractivity contribution is 5.99. The molecule has 1 aromatic heterocycles. The molecule has 1 aliphatic heterocycles. The van der Waals surface area contributed by atoms with Crippen LogP contribution in [0.4, 0.5) is 0 Å². The van der Waals surface area contributed by atoms with Gasteiger partial charge in [-0.05, 0) is 60.0 Å². The maximum Gasteiger partial charge on any atom is 0.261 e. The standard InChI is InChI=1S/C27H27N3O3/c1-4-25(32)29-14-19(15-29)26-28-24-10-9-18(12-23(24)27(33)30(26)16(2)3)22-13-20(31)11-17-7-5-6-8-21(17)22/h5-13,16,19,31H,4,14-15H2,1-3H3. The second-order valence-electron chi connectivity index (χ2n) is 9.03. The number of carbonyl (C=O) groups excluding carboxylic acids is 1. The lowest BCUT2D eigenvalue weighted by molar-refractivity contribution is -0.135. The molecule has 0 bridgehead atoms. The average Bonchev–Trinajstić information content (AvgIpc) is 2.77. The van der Waals surface area contributed by atoms with E-state index < -0.39 is 0 Å². The summed E-state index contributed by atoms with van der Waals surface area (Å²) in [5, 5.41) is 12.8. The van der Waals surface area contributed by atoms with Crippen molar-refractivity contribution in [2.24, 2.45) is 0 Å². The van der Waals surface area contributed by atoms with E-state index in [9.17, 15) is 14.7 Å². The van der Waals surface area contributed by atoms with E-state index in [0.717, 1.165) is 27.7 Å². The van der Waals surface area contributed by atoms with Gasteiger partial charge in [-0.2, -0.15) is 0 Å². The summed E-state index contributed by atoms with van der Waals surface area (Å²) in [5.41, 5.74) is 2.32. The van der Waals surface area contributed by atoms with Crippen molar-refractivity contribution in [2.75, 3.05) is 13.1 Å². The highest BCUT2D eigenvalue weighted by atomic mass is 16.3. The minimum atomic E-state index is -0.0726. The molecule has 0 spiro atoms. The van der Waals surface area contributed by atoms with Gasteiger partial charge in [-0.3, -0.25) is 14.2 Å². The van der Waals surface area contributed by atoms with Gasteiger partial charge in [0.1, 0.15) is 11.6 Å². The van der Waals surface area contributed by atoms with Gasteiger partial charge in [0.05, 0.1) is 16.8 Å². The van der Waals surface area contributed by atoms with Crippen LogP contribution in [0, 0.1) is 0 Å². The average molecular weight is 442 g/mol. The van der Waals surface area contributed by atoms with Crippen LogP contribution in [0.15, 0.2) is 59.4 Å². The number of fused-ring (bicyclic) bond motifs is 2. The van der Waals surface area contributed by atoms with E-state index in [-0.39, 0.29) is 29.2 Å². The van der Waals surface area contributed by atoms with Gasteiger partial charge in [-0.15, -0.1) is 0 Å². The molecular weight excluding hydrogens is 414 g/mol. The van der Waals surface area contributed by atoms with Crippen molar-refractivity contribution >= 4 is 27.6 Å². The van der Waals surface area contributed by atoms with Crippen molar-refractivity contribution in [3.63, 3.8) is 0 Å². The van der Waals surface area contributed by atoms with Crippen LogP contribution in [0.1, 0.15) is 45.0 Å². The Labute approximate surface area is 192 Å². The van der Waals surface area contributed by atoms with Crippen molar-refractivity contribution in [2.45, 2.75) is 39.2 Å². The number of hydrogen-bond acceptors (Lipinski definition) is 4. The quantitative estimate of drug-likeness (QED) is 0.492. The second kappa shape index (κ2) is 8.03. The summed E-state index contributed by atoms with van der Waals surface area (Å²) >= 11 is 0. The number of phenols is 1. The Balaban J connectivity index is 1.64. The number of rotatable bonds is 4. The first kappa shape index (κ1) is 21.2. The van der Waals surface area contributed by atoms with Gasteiger partial charge in [-0.25, -0.2) is 4.98 Å². The number of benzene rings is 3.